The normalized spacial score (nSPS) is 13.3. The van der Waals surface area contributed by atoms with Gasteiger partial charge in [-0.25, -0.2) is 0 Å². The topological polar surface area (TPSA) is 75.6 Å². The highest BCUT2D eigenvalue weighted by Crippen LogP contribution is 2.20. The van der Waals surface area contributed by atoms with Crippen molar-refractivity contribution in [2.24, 2.45) is 5.92 Å². The second kappa shape index (κ2) is 8.29. The molecular weight excluding hydrogens is 270 g/mol. The summed E-state index contributed by atoms with van der Waals surface area (Å²) in [6.07, 6.45) is 1.20. The first-order chi connectivity index (χ1) is 9.90. The smallest absolute Gasteiger partial charge is 0.303 e. The number of hydrogen-bond donors (Lipinski definition) is 2. The van der Waals surface area contributed by atoms with Crippen molar-refractivity contribution in [3.63, 3.8) is 0 Å². The Kier molecular flexibility index (Phi) is 6.72. The van der Waals surface area contributed by atoms with Crippen molar-refractivity contribution in [3.05, 3.63) is 24.3 Å². The van der Waals surface area contributed by atoms with Crippen molar-refractivity contribution in [2.45, 2.75) is 46.1 Å². The molecule has 0 radical (unpaired) electrons. The fourth-order valence-corrected chi connectivity index (χ4v) is 1.86. The Hall–Kier alpha value is -2.04. The van der Waals surface area contributed by atoms with E-state index in [1.54, 1.807) is 19.1 Å². The second-order valence-electron chi connectivity index (χ2n) is 5.32. The van der Waals surface area contributed by atoms with Crippen molar-refractivity contribution < 1.29 is 19.4 Å². The largest absolute Gasteiger partial charge is 0.491 e. The summed E-state index contributed by atoms with van der Waals surface area (Å²) >= 11 is 0. The number of carbonyl (C=O) groups is 2. The Morgan fingerprint density at radius 1 is 1.29 bits per heavy atom. The molecule has 0 aliphatic carbocycles. The summed E-state index contributed by atoms with van der Waals surface area (Å²) in [6, 6.07) is 7.21. The zero-order valence-corrected chi connectivity index (χ0v) is 12.8. The van der Waals surface area contributed by atoms with Crippen LogP contribution in [0.15, 0.2) is 24.3 Å². The summed E-state index contributed by atoms with van der Waals surface area (Å²) in [6.45, 7) is 5.77. The van der Waals surface area contributed by atoms with Crippen LogP contribution in [0.5, 0.6) is 5.75 Å². The van der Waals surface area contributed by atoms with E-state index in [9.17, 15) is 9.59 Å². The van der Waals surface area contributed by atoms with Gasteiger partial charge in [0.25, 0.3) is 0 Å². The van der Waals surface area contributed by atoms with Crippen molar-refractivity contribution in [2.75, 3.05) is 5.32 Å². The van der Waals surface area contributed by atoms with Gasteiger partial charge in [0.2, 0.25) is 5.91 Å². The quantitative estimate of drug-likeness (QED) is 0.771. The maximum atomic E-state index is 11.8. The molecule has 0 bridgehead atoms. The van der Waals surface area contributed by atoms with Gasteiger partial charge in [-0.2, -0.15) is 0 Å². The minimum atomic E-state index is -0.890. The molecule has 21 heavy (non-hydrogen) atoms. The molecule has 1 amide bonds. The van der Waals surface area contributed by atoms with E-state index in [4.69, 9.17) is 9.84 Å². The van der Waals surface area contributed by atoms with Crippen LogP contribution in [-0.4, -0.2) is 23.1 Å². The molecule has 1 aromatic carbocycles. The highest BCUT2D eigenvalue weighted by molar-refractivity contribution is 5.91. The number of ether oxygens (including phenoxy) is 1. The molecule has 5 nitrogen and oxygen atoms in total. The van der Waals surface area contributed by atoms with E-state index in [2.05, 4.69) is 5.32 Å². The summed E-state index contributed by atoms with van der Waals surface area (Å²) < 4.78 is 5.69. The van der Waals surface area contributed by atoms with E-state index < -0.39 is 5.97 Å². The summed E-state index contributed by atoms with van der Waals surface area (Å²) in [5, 5.41) is 11.4. The van der Waals surface area contributed by atoms with Gasteiger partial charge in [-0.05, 0) is 31.4 Å². The SMILES string of the molecule is CCC(C)Oc1cccc(NC(=O)CC(C)CC(=O)O)c1. The molecule has 2 unspecified atom stereocenters. The molecule has 1 rings (SSSR count). The molecule has 0 aliphatic heterocycles. The Labute approximate surface area is 125 Å². The lowest BCUT2D eigenvalue weighted by Gasteiger charge is -2.14. The number of anilines is 1. The molecular formula is C16H23NO4. The number of amides is 1. The Bertz CT molecular complexity index is 487. The number of aliphatic carboxylic acids is 1. The van der Waals surface area contributed by atoms with E-state index in [1.165, 1.54) is 0 Å². The van der Waals surface area contributed by atoms with Crippen LogP contribution in [0.3, 0.4) is 0 Å². The first kappa shape index (κ1) is 17.0. The van der Waals surface area contributed by atoms with Gasteiger partial charge >= 0.3 is 5.97 Å². The van der Waals surface area contributed by atoms with Crippen LogP contribution in [0.2, 0.25) is 0 Å². The number of rotatable bonds is 8. The van der Waals surface area contributed by atoms with Crippen LogP contribution >= 0.6 is 0 Å². The lowest BCUT2D eigenvalue weighted by molar-refractivity contribution is -0.138. The maximum absolute atomic E-state index is 11.8. The Morgan fingerprint density at radius 2 is 2.00 bits per heavy atom. The van der Waals surface area contributed by atoms with Gasteiger partial charge in [0.05, 0.1) is 6.10 Å². The van der Waals surface area contributed by atoms with Gasteiger partial charge in [-0.3, -0.25) is 9.59 Å². The zero-order valence-electron chi connectivity index (χ0n) is 12.8. The summed E-state index contributed by atoms with van der Waals surface area (Å²) in [5.74, 6) is -0.563. The zero-order chi connectivity index (χ0) is 15.8. The van der Waals surface area contributed by atoms with Gasteiger partial charge in [0.1, 0.15) is 5.75 Å². The average Bonchev–Trinajstić information content (AvgIpc) is 2.37. The molecule has 2 atom stereocenters. The van der Waals surface area contributed by atoms with Crippen molar-refractivity contribution >= 4 is 17.6 Å². The van der Waals surface area contributed by atoms with Gasteiger partial charge in [-0.1, -0.05) is 19.9 Å². The third-order valence-corrected chi connectivity index (χ3v) is 3.09. The number of hydrogen-bond acceptors (Lipinski definition) is 3. The number of carbonyl (C=O) groups excluding carboxylic acids is 1. The molecule has 0 spiro atoms. The summed E-state index contributed by atoms with van der Waals surface area (Å²) in [7, 11) is 0. The third kappa shape index (κ3) is 6.79. The molecule has 1 aromatic rings. The van der Waals surface area contributed by atoms with Gasteiger partial charge in [-0.15, -0.1) is 0 Å². The number of nitrogens with one attached hydrogen (secondary N) is 1. The highest BCUT2D eigenvalue weighted by Gasteiger charge is 2.13. The van der Waals surface area contributed by atoms with E-state index in [-0.39, 0.29) is 30.8 Å². The molecule has 5 heteroatoms. The van der Waals surface area contributed by atoms with Crippen LogP contribution in [0, 0.1) is 5.92 Å². The molecule has 116 valence electrons. The van der Waals surface area contributed by atoms with Crippen LogP contribution in [0.1, 0.15) is 40.0 Å². The number of carboxylic acids is 1. The van der Waals surface area contributed by atoms with Gasteiger partial charge in [0.15, 0.2) is 0 Å². The molecule has 0 aliphatic rings. The predicted octanol–water partition coefficient (Wildman–Crippen LogP) is 3.30. The maximum Gasteiger partial charge on any atom is 0.303 e. The minimum absolute atomic E-state index is 0.00934. The van der Waals surface area contributed by atoms with Crippen molar-refractivity contribution in [1.29, 1.82) is 0 Å². The van der Waals surface area contributed by atoms with E-state index in [0.29, 0.717) is 11.4 Å². The number of carboxylic acid groups (broad SMARTS) is 1. The number of benzene rings is 1. The Morgan fingerprint density at radius 3 is 2.62 bits per heavy atom. The third-order valence-electron chi connectivity index (χ3n) is 3.09. The summed E-state index contributed by atoms with van der Waals surface area (Å²) in [4.78, 5) is 22.4. The molecule has 0 aromatic heterocycles. The fourth-order valence-electron chi connectivity index (χ4n) is 1.86. The van der Waals surface area contributed by atoms with Crippen molar-refractivity contribution in [3.8, 4) is 5.75 Å². The van der Waals surface area contributed by atoms with E-state index in [1.807, 2.05) is 26.0 Å². The molecule has 0 saturated heterocycles. The van der Waals surface area contributed by atoms with Crippen LogP contribution < -0.4 is 10.1 Å². The lowest BCUT2D eigenvalue weighted by Crippen LogP contribution is -2.17. The highest BCUT2D eigenvalue weighted by atomic mass is 16.5. The molecule has 2 N–H and O–H groups in total. The lowest BCUT2D eigenvalue weighted by atomic mass is 10.0. The summed E-state index contributed by atoms with van der Waals surface area (Å²) in [5.41, 5.74) is 0.656. The van der Waals surface area contributed by atoms with Gasteiger partial charge in [0, 0.05) is 24.6 Å². The standard InChI is InChI=1S/C16H23NO4/c1-4-12(3)21-14-7-5-6-13(10-14)17-15(18)8-11(2)9-16(19)20/h5-7,10-12H,4,8-9H2,1-3H3,(H,17,18)(H,19,20). The monoisotopic (exact) mass is 293 g/mol. The van der Waals surface area contributed by atoms with Crippen LogP contribution in [0.4, 0.5) is 5.69 Å². The molecule has 0 heterocycles. The molecule has 0 saturated carbocycles. The van der Waals surface area contributed by atoms with Crippen LogP contribution in [0.25, 0.3) is 0 Å². The Balaban J connectivity index is 2.56. The van der Waals surface area contributed by atoms with Crippen LogP contribution in [-0.2, 0) is 9.59 Å². The fraction of sp³-hybridized carbons (Fsp3) is 0.500. The average molecular weight is 293 g/mol. The first-order valence-corrected chi connectivity index (χ1v) is 7.19. The van der Waals surface area contributed by atoms with E-state index in [0.717, 1.165) is 6.42 Å². The van der Waals surface area contributed by atoms with Crippen molar-refractivity contribution in [1.82, 2.24) is 0 Å². The predicted molar refractivity (Wildman–Crippen MR) is 81.5 cm³/mol. The molecule has 0 fully saturated rings. The minimum Gasteiger partial charge on any atom is -0.491 e. The van der Waals surface area contributed by atoms with Gasteiger partial charge < -0.3 is 15.2 Å². The second-order valence-corrected chi connectivity index (χ2v) is 5.32. The first-order valence-electron chi connectivity index (χ1n) is 7.19. The van der Waals surface area contributed by atoms with E-state index >= 15 is 0 Å².